The second-order valence-corrected chi connectivity index (χ2v) is 8.61. The van der Waals surface area contributed by atoms with E-state index in [0.717, 1.165) is 34.4 Å². The minimum Gasteiger partial charge on any atom is -0.493 e. The van der Waals surface area contributed by atoms with Gasteiger partial charge in [0.1, 0.15) is 0 Å². The summed E-state index contributed by atoms with van der Waals surface area (Å²) in [6, 6.07) is 11.6. The molecule has 0 radical (unpaired) electrons. The Kier molecular flexibility index (Phi) is 11.5. The van der Waals surface area contributed by atoms with E-state index in [0.29, 0.717) is 11.5 Å². The third-order valence-corrected chi connectivity index (χ3v) is 5.60. The normalized spacial score (nSPS) is 10.7. The van der Waals surface area contributed by atoms with E-state index in [1.165, 1.54) is 38.5 Å². The number of amides is 1. The first-order valence-electron chi connectivity index (χ1n) is 11.1. The summed E-state index contributed by atoms with van der Waals surface area (Å²) in [6.07, 6.45) is 7.75. The molecule has 31 heavy (non-hydrogen) atoms. The molecule has 2 aromatic rings. The van der Waals surface area contributed by atoms with Crippen LogP contribution in [0.15, 0.2) is 40.9 Å². The molecule has 2 N–H and O–H groups in total. The highest BCUT2D eigenvalue weighted by molar-refractivity contribution is 9.10. The molecule has 0 spiro atoms. The van der Waals surface area contributed by atoms with E-state index in [1.807, 2.05) is 43.3 Å². The Morgan fingerprint density at radius 3 is 2.45 bits per heavy atom. The fraction of sp³-hybridized carbons (Fsp3) is 0.480. The van der Waals surface area contributed by atoms with Crippen molar-refractivity contribution in [3.05, 3.63) is 52.0 Å². The van der Waals surface area contributed by atoms with Gasteiger partial charge in [-0.15, -0.1) is 0 Å². The highest BCUT2D eigenvalue weighted by atomic mass is 79.9. The molecule has 0 aliphatic carbocycles. The van der Waals surface area contributed by atoms with Crippen LogP contribution in [0.3, 0.4) is 0 Å². The SMILES string of the molecule is CCCCCCCCNCc1cc(Br)c(OCC(=O)Nc2ccc(C)cc2)c(OC)c1. The molecule has 170 valence electrons. The largest absolute Gasteiger partial charge is 0.493 e. The number of halogens is 1. The van der Waals surface area contributed by atoms with Crippen LogP contribution in [0.2, 0.25) is 0 Å². The number of carbonyl (C=O) groups is 1. The predicted molar refractivity (Wildman–Crippen MR) is 131 cm³/mol. The Morgan fingerprint density at radius 2 is 1.74 bits per heavy atom. The number of ether oxygens (including phenoxy) is 2. The summed E-state index contributed by atoms with van der Waals surface area (Å²) < 4.78 is 12.0. The van der Waals surface area contributed by atoms with Crippen molar-refractivity contribution in [1.29, 1.82) is 0 Å². The minimum absolute atomic E-state index is 0.0987. The molecule has 0 atom stereocenters. The molecule has 5 nitrogen and oxygen atoms in total. The molecule has 2 rings (SSSR count). The molecule has 0 bridgehead atoms. The summed E-state index contributed by atoms with van der Waals surface area (Å²) >= 11 is 3.56. The molecule has 0 heterocycles. The van der Waals surface area contributed by atoms with Gasteiger partial charge in [0, 0.05) is 12.2 Å². The number of rotatable bonds is 14. The van der Waals surface area contributed by atoms with Crippen LogP contribution < -0.4 is 20.1 Å². The van der Waals surface area contributed by atoms with E-state index in [-0.39, 0.29) is 12.5 Å². The number of carbonyl (C=O) groups excluding carboxylic acids is 1. The van der Waals surface area contributed by atoms with Crippen LogP contribution in [0.25, 0.3) is 0 Å². The van der Waals surface area contributed by atoms with Gasteiger partial charge < -0.3 is 20.1 Å². The predicted octanol–water partition coefficient (Wildman–Crippen LogP) is 6.23. The Bertz CT molecular complexity index is 809. The first-order chi connectivity index (χ1) is 15.0. The smallest absolute Gasteiger partial charge is 0.262 e. The van der Waals surface area contributed by atoms with Crippen molar-refractivity contribution < 1.29 is 14.3 Å². The lowest BCUT2D eigenvalue weighted by atomic mass is 10.1. The third-order valence-electron chi connectivity index (χ3n) is 5.01. The Balaban J connectivity index is 1.81. The summed E-state index contributed by atoms with van der Waals surface area (Å²) in [5.74, 6) is 0.914. The standard InChI is InChI=1S/C25H35BrN2O3/c1-4-5-6-7-8-9-14-27-17-20-15-22(26)25(23(16-20)30-3)31-18-24(29)28-21-12-10-19(2)11-13-21/h10-13,15-16,27H,4-9,14,17-18H2,1-3H3,(H,28,29). The van der Waals surface area contributed by atoms with Crippen molar-refractivity contribution in [2.24, 2.45) is 0 Å². The molecule has 2 aromatic carbocycles. The van der Waals surface area contributed by atoms with Crippen LogP contribution in [0.5, 0.6) is 11.5 Å². The van der Waals surface area contributed by atoms with Gasteiger partial charge in [-0.05, 0) is 65.6 Å². The van der Waals surface area contributed by atoms with E-state index < -0.39 is 0 Å². The number of unbranched alkanes of at least 4 members (excludes halogenated alkanes) is 5. The average molecular weight is 491 g/mol. The lowest BCUT2D eigenvalue weighted by Gasteiger charge is -2.15. The van der Waals surface area contributed by atoms with Crippen LogP contribution in [-0.2, 0) is 11.3 Å². The van der Waals surface area contributed by atoms with Crippen LogP contribution in [0, 0.1) is 6.92 Å². The number of hydrogen-bond acceptors (Lipinski definition) is 4. The van der Waals surface area contributed by atoms with Crippen LogP contribution in [0.1, 0.15) is 56.6 Å². The molecule has 1 amide bonds. The topological polar surface area (TPSA) is 59.6 Å². The maximum Gasteiger partial charge on any atom is 0.262 e. The maximum atomic E-state index is 12.2. The van der Waals surface area contributed by atoms with E-state index in [1.54, 1.807) is 7.11 Å². The van der Waals surface area contributed by atoms with Gasteiger partial charge in [0.2, 0.25) is 0 Å². The maximum absolute atomic E-state index is 12.2. The number of methoxy groups -OCH3 is 1. The molecular weight excluding hydrogens is 456 g/mol. The summed E-state index contributed by atoms with van der Waals surface area (Å²) in [6.45, 7) is 5.91. The molecule has 0 aliphatic heterocycles. The highest BCUT2D eigenvalue weighted by Gasteiger charge is 2.14. The van der Waals surface area contributed by atoms with E-state index in [9.17, 15) is 4.79 Å². The molecule has 0 aliphatic rings. The summed E-state index contributed by atoms with van der Waals surface area (Å²) in [5.41, 5.74) is 2.99. The summed E-state index contributed by atoms with van der Waals surface area (Å²) in [5, 5.41) is 6.32. The van der Waals surface area contributed by atoms with Crippen molar-refractivity contribution >= 4 is 27.5 Å². The van der Waals surface area contributed by atoms with Crippen LogP contribution in [0.4, 0.5) is 5.69 Å². The minimum atomic E-state index is -0.220. The lowest BCUT2D eigenvalue weighted by Crippen LogP contribution is -2.20. The molecule has 0 aromatic heterocycles. The van der Waals surface area contributed by atoms with E-state index in [4.69, 9.17) is 9.47 Å². The fourth-order valence-electron chi connectivity index (χ4n) is 3.25. The van der Waals surface area contributed by atoms with Crippen molar-refractivity contribution in [2.45, 2.75) is 58.9 Å². The van der Waals surface area contributed by atoms with Crippen LogP contribution >= 0.6 is 15.9 Å². The Morgan fingerprint density at radius 1 is 1.03 bits per heavy atom. The van der Waals surface area contributed by atoms with Gasteiger partial charge in [0.15, 0.2) is 18.1 Å². The lowest BCUT2D eigenvalue weighted by molar-refractivity contribution is -0.118. The molecule has 0 fully saturated rings. The van der Waals surface area contributed by atoms with Gasteiger partial charge in [0.05, 0.1) is 11.6 Å². The number of benzene rings is 2. The van der Waals surface area contributed by atoms with Crippen molar-refractivity contribution in [2.75, 3.05) is 25.6 Å². The average Bonchev–Trinajstić information content (AvgIpc) is 2.76. The number of anilines is 1. The van der Waals surface area contributed by atoms with Crippen molar-refractivity contribution in [3.8, 4) is 11.5 Å². The fourth-order valence-corrected chi connectivity index (χ4v) is 3.85. The second kappa shape index (κ2) is 14.1. The van der Waals surface area contributed by atoms with Gasteiger partial charge >= 0.3 is 0 Å². The molecule has 0 saturated carbocycles. The third kappa shape index (κ3) is 9.32. The van der Waals surface area contributed by atoms with Crippen molar-refractivity contribution in [1.82, 2.24) is 5.32 Å². The highest BCUT2D eigenvalue weighted by Crippen LogP contribution is 2.36. The number of hydrogen-bond donors (Lipinski definition) is 2. The van der Waals surface area contributed by atoms with Gasteiger partial charge in [0.25, 0.3) is 5.91 Å². The summed E-state index contributed by atoms with van der Waals surface area (Å²) in [7, 11) is 1.61. The zero-order valence-electron chi connectivity index (χ0n) is 18.9. The molecular formula is C25H35BrN2O3. The Labute approximate surface area is 195 Å². The summed E-state index contributed by atoms with van der Waals surface area (Å²) in [4.78, 5) is 12.2. The van der Waals surface area contributed by atoms with Crippen molar-refractivity contribution in [3.63, 3.8) is 0 Å². The zero-order chi connectivity index (χ0) is 22.5. The number of nitrogens with one attached hydrogen (secondary N) is 2. The van der Waals surface area contributed by atoms with E-state index >= 15 is 0 Å². The molecule has 0 unspecified atom stereocenters. The number of aryl methyl sites for hydroxylation is 1. The van der Waals surface area contributed by atoms with Gasteiger partial charge in [-0.1, -0.05) is 56.7 Å². The molecule has 6 heteroatoms. The van der Waals surface area contributed by atoms with Gasteiger partial charge in [-0.3, -0.25) is 4.79 Å². The first-order valence-corrected chi connectivity index (χ1v) is 11.9. The van der Waals surface area contributed by atoms with Gasteiger partial charge in [-0.2, -0.15) is 0 Å². The monoisotopic (exact) mass is 490 g/mol. The Hall–Kier alpha value is -2.05. The van der Waals surface area contributed by atoms with Crippen LogP contribution in [-0.4, -0.2) is 26.2 Å². The molecule has 0 saturated heterocycles. The quantitative estimate of drug-likeness (QED) is 0.308. The van der Waals surface area contributed by atoms with E-state index in [2.05, 4.69) is 33.5 Å². The second-order valence-electron chi connectivity index (χ2n) is 7.76. The first kappa shape index (κ1) is 25.2. The zero-order valence-corrected chi connectivity index (χ0v) is 20.5. The van der Waals surface area contributed by atoms with Gasteiger partial charge in [-0.25, -0.2) is 0 Å².